The van der Waals surface area contributed by atoms with Crippen molar-refractivity contribution >= 4 is 11.0 Å². The first-order valence-electron chi connectivity index (χ1n) is 7.91. The van der Waals surface area contributed by atoms with Crippen molar-refractivity contribution in [1.82, 2.24) is 14.5 Å². The van der Waals surface area contributed by atoms with Crippen molar-refractivity contribution in [1.29, 1.82) is 5.26 Å². The third-order valence-electron chi connectivity index (χ3n) is 4.43. The van der Waals surface area contributed by atoms with E-state index < -0.39 is 0 Å². The van der Waals surface area contributed by atoms with Gasteiger partial charge in [0.05, 0.1) is 23.1 Å². The maximum absolute atomic E-state index is 9.17. The van der Waals surface area contributed by atoms with Gasteiger partial charge >= 0.3 is 0 Å². The maximum Gasteiger partial charge on any atom is 0.128 e. The lowest BCUT2D eigenvalue weighted by Gasteiger charge is -2.33. The molecule has 2 heterocycles. The molecule has 3 rings (SSSR count). The number of imidazole rings is 1. The minimum atomic E-state index is 0.325. The van der Waals surface area contributed by atoms with Gasteiger partial charge in [0.25, 0.3) is 0 Å². The van der Waals surface area contributed by atoms with Gasteiger partial charge in [-0.25, -0.2) is 4.98 Å². The molecule has 0 spiro atoms. The fourth-order valence-corrected chi connectivity index (χ4v) is 3.42. The van der Waals surface area contributed by atoms with E-state index in [4.69, 9.17) is 4.98 Å². The molecule has 4 heteroatoms. The van der Waals surface area contributed by atoms with E-state index in [1.165, 1.54) is 19.3 Å². The van der Waals surface area contributed by atoms with Crippen LogP contribution in [0, 0.1) is 11.3 Å². The summed E-state index contributed by atoms with van der Waals surface area (Å²) in [6.45, 7) is 4.89. The third-order valence-corrected chi connectivity index (χ3v) is 4.43. The molecule has 4 nitrogen and oxygen atoms in total. The summed E-state index contributed by atoms with van der Waals surface area (Å²) < 4.78 is 2.10. The molecule has 1 aromatic heterocycles. The molecule has 0 saturated carbocycles. The number of hydrogen-bond donors (Lipinski definition) is 0. The SMILES string of the molecule is CCC(c1nc2ccccc2n1CC#N)N1CCCCC1. The lowest BCUT2D eigenvalue weighted by Crippen LogP contribution is -2.35. The summed E-state index contributed by atoms with van der Waals surface area (Å²) in [7, 11) is 0. The van der Waals surface area contributed by atoms with Gasteiger partial charge < -0.3 is 4.57 Å². The number of piperidine rings is 1. The topological polar surface area (TPSA) is 44.9 Å². The number of aromatic nitrogens is 2. The Balaban J connectivity index is 2.04. The van der Waals surface area contributed by atoms with Crippen LogP contribution in [-0.2, 0) is 6.54 Å². The number of nitriles is 1. The smallest absolute Gasteiger partial charge is 0.128 e. The van der Waals surface area contributed by atoms with Gasteiger partial charge in [-0.2, -0.15) is 5.26 Å². The molecule has 0 N–H and O–H groups in total. The van der Waals surface area contributed by atoms with Crippen molar-refractivity contribution in [3.63, 3.8) is 0 Å². The zero-order valence-corrected chi connectivity index (χ0v) is 12.6. The average molecular weight is 282 g/mol. The van der Waals surface area contributed by atoms with E-state index >= 15 is 0 Å². The molecule has 1 unspecified atom stereocenters. The van der Waals surface area contributed by atoms with E-state index in [9.17, 15) is 5.26 Å². The minimum absolute atomic E-state index is 0.325. The molecule has 1 aliphatic heterocycles. The van der Waals surface area contributed by atoms with Crippen LogP contribution in [0.5, 0.6) is 0 Å². The monoisotopic (exact) mass is 282 g/mol. The Morgan fingerprint density at radius 1 is 1.24 bits per heavy atom. The summed E-state index contributed by atoms with van der Waals surface area (Å²) in [4.78, 5) is 7.39. The van der Waals surface area contributed by atoms with Crippen LogP contribution >= 0.6 is 0 Å². The Kier molecular flexibility index (Phi) is 4.21. The van der Waals surface area contributed by atoms with Crippen LogP contribution in [0.3, 0.4) is 0 Å². The van der Waals surface area contributed by atoms with Crippen LogP contribution < -0.4 is 0 Å². The van der Waals surface area contributed by atoms with Crippen molar-refractivity contribution in [2.45, 2.75) is 45.2 Å². The molecule has 1 saturated heterocycles. The summed E-state index contributed by atoms with van der Waals surface area (Å²) in [6.07, 6.45) is 4.92. The van der Waals surface area contributed by atoms with E-state index in [2.05, 4.69) is 28.5 Å². The Hall–Kier alpha value is -1.86. The number of rotatable bonds is 4. The van der Waals surface area contributed by atoms with Crippen LogP contribution in [-0.4, -0.2) is 27.5 Å². The molecule has 1 aromatic carbocycles. The summed E-state index contributed by atoms with van der Waals surface area (Å²) in [5, 5.41) is 9.17. The summed E-state index contributed by atoms with van der Waals surface area (Å²) in [5.41, 5.74) is 2.07. The largest absolute Gasteiger partial charge is 0.313 e. The lowest BCUT2D eigenvalue weighted by molar-refractivity contribution is 0.151. The standard InChI is InChI=1S/C17H22N4/c1-2-15(20-11-6-3-7-12-20)17-19-14-8-4-5-9-16(14)21(17)13-10-18/h4-5,8-9,15H,2-3,6-7,11-13H2,1H3. The molecule has 0 aliphatic carbocycles. The van der Waals surface area contributed by atoms with E-state index in [1.54, 1.807) is 0 Å². The highest BCUT2D eigenvalue weighted by atomic mass is 15.2. The highest BCUT2D eigenvalue weighted by Gasteiger charge is 2.25. The second-order valence-electron chi connectivity index (χ2n) is 5.72. The Labute approximate surface area is 126 Å². The van der Waals surface area contributed by atoms with Gasteiger partial charge in [0.2, 0.25) is 0 Å². The lowest BCUT2D eigenvalue weighted by atomic mass is 10.1. The summed E-state index contributed by atoms with van der Waals surface area (Å²) in [5.74, 6) is 1.06. The van der Waals surface area contributed by atoms with Crippen LogP contribution in [0.2, 0.25) is 0 Å². The van der Waals surface area contributed by atoms with Gasteiger partial charge in [-0.15, -0.1) is 0 Å². The normalized spacial score (nSPS) is 17.7. The molecule has 0 bridgehead atoms. The predicted molar refractivity (Wildman–Crippen MR) is 83.8 cm³/mol. The van der Waals surface area contributed by atoms with E-state index in [-0.39, 0.29) is 0 Å². The maximum atomic E-state index is 9.17. The Morgan fingerprint density at radius 3 is 2.71 bits per heavy atom. The van der Waals surface area contributed by atoms with Gasteiger partial charge in [-0.3, -0.25) is 4.90 Å². The fourth-order valence-electron chi connectivity index (χ4n) is 3.42. The second kappa shape index (κ2) is 6.28. The molecule has 2 aromatic rings. The highest BCUT2D eigenvalue weighted by molar-refractivity contribution is 5.76. The molecule has 21 heavy (non-hydrogen) atoms. The molecule has 0 amide bonds. The fraction of sp³-hybridized carbons (Fsp3) is 0.529. The number of fused-ring (bicyclic) bond motifs is 1. The average Bonchev–Trinajstić information content (AvgIpc) is 2.89. The van der Waals surface area contributed by atoms with Crippen LogP contribution in [0.25, 0.3) is 11.0 Å². The van der Waals surface area contributed by atoms with Crippen LogP contribution in [0.1, 0.15) is 44.5 Å². The predicted octanol–water partition coefficient (Wildman–Crippen LogP) is 3.50. The van der Waals surface area contributed by atoms with Crippen molar-refractivity contribution < 1.29 is 0 Å². The Bertz CT molecular complexity index is 646. The molecule has 110 valence electrons. The van der Waals surface area contributed by atoms with Crippen molar-refractivity contribution in [3.05, 3.63) is 30.1 Å². The van der Waals surface area contributed by atoms with Gasteiger partial charge in [0, 0.05) is 0 Å². The molecular formula is C17H22N4. The molecule has 1 fully saturated rings. The zero-order valence-electron chi connectivity index (χ0n) is 12.6. The quantitative estimate of drug-likeness (QED) is 0.862. The van der Waals surface area contributed by atoms with E-state index in [0.717, 1.165) is 36.4 Å². The first kappa shape index (κ1) is 14.1. The van der Waals surface area contributed by atoms with Crippen molar-refractivity contribution in [2.75, 3.05) is 13.1 Å². The van der Waals surface area contributed by atoms with E-state index in [0.29, 0.717) is 12.6 Å². The Morgan fingerprint density at radius 2 is 2.00 bits per heavy atom. The van der Waals surface area contributed by atoms with Gasteiger partial charge in [0.15, 0.2) is 0 Å². The third kappa shape index (κ3) is 2.66. The highest BCUT2D eigenvalue weighted by Crippen LogP contribution is 2.29. The van der Waals surface area contributed by atoms with Crippen LogP contribution in [0.4, 0.5) is 0 Å². The minimum Gasteiger partial charge on any atom is -0.313 e. The van der Waals surface area contributed by atoms with Crippen molar-refractivity contribution in [3.8, 4) is 6.07 Å². The van der Waals surface area contributed by atoms with Crippen LogP contribution in [0.15, 0.2) is 24.3 Å². The van der Waals surface area contributed by atoms with Crippen molar-refractivity contribution in [2.24, 2.45) is 0 Å². The number of benzene rings is 1. The first-order chi connectivity index (χ1) is 10.3. The number of likely N-dealkylation sites (tertiary alicyclic amines) is 1. The summed E-state index contributed by atoms with van der Waals surface area (Å²) >= 11 is 0. The zero-order chi connectivity index (χ0) is 14.7. The van der Waals surface area contributed by atoms with Gasteiger partial charge in [0.1, 0.15) is 12.4 Å². The molecule has 1 aliphatic rings. The number of para-hydroxylation sites is 2. The summed E-state index contributed by atoms with van der Waals surface area (Å²) in [6, 6.07) is 10.7. The first-order valence-corrected chi connectivity index (χ1v) is 7.91. The molecule has 1 atom stereocenters. The number of nitrogens with zero attached hydrogens (tertiary/aromatic N) is 4. The molecular weight excluding hydrogens is 260 g/mol. The van der Waals surface area contributed by atoms with Gasteiger partial charge in [-0.05, 0) is 44.5 Å². The van der Waals surface area contributed by atoms with E-state index in [1.807, 2.05) is 18.2 Å². The number of hydrogen-bond acceptors (Lipinski definition) is 3. The molecule has 0 radical (unpaired) electrons. The second-order valence-corrected chi connectivity index (χ2v) is 5.72. The van der Waals surface area contributed by atoms with Gasteiger partial charge in [-0.1, -0.05) is 25.5 Å².